The van der Waals surface area contributed by atoms with Gasteiger partial charge < -0.3 is 4.74 Å². The second-order valence-corrected chi connectivity index (χ2v) is 6.07. The van der Waals surface area contributed by atoms with Crippen molar-refractivity contribution in [1.29, 1.82) is 0 Å². The normalized spacial score (nSPS) is 17.0. The number of nitrogens with zero attached hydrogens (tertiary/aromatic N) is 2. The van der Waals surface area contributed by atoms with Crippen LogP contribution in [-0.4, -0.2) is 31.5 Å². The lowest BCUT2D eigenvalue weighted by atomic mass is 10.2. The number of carbonyl (C=O) groups is 1. The molecule has 0 atom stereocenters. The van der Waals surface area contributed by atoms with Crippen molar-refractivity contribution in [3.8, 4) is 0 Å². The van der Waals surface area contributed by atoms with Crippen LogP contribution in [0.2, 0.25) is 0 Å². The van der Waals surface area contributed by atoms with Crippen LogP contribution in [0, 0.1) is 5.82 Å². The molecule has 0 fully saturated rings. The van der Waals surface area contributed by atoms with Crippen molar-refractivity contribution in [2.75, 3.05) is 7.05 Å². The third-order valence-corrected chi connectivity index (χ3v) is 4.16. The van der Waals surface area contributed by atoms with Gasteiger partial charge in [0.15, 0.2) is 0 Å². The summed E-state index contributed by atoms with van der Waals surface area (Å²) in [6, 6.07) is 5.51. The lowest BCUT2D eigenvalue weighted by Crippen LogP contribution is -2.29. The Hall–Kier alpha value is -2.22. The first-order chi connectivity index (χ1) is 9.79. The van der Waals surface area contributed by atoms with E-state index < -0.39 is 16.2 Å². The van der Waals surface area contributed by atoms with E-state index in [2.05, 4.69) is 4.40 Å². The highest BCUT2D eigenvalue weighted by molar-refractivity contribution is 7.88. The van der Waals surface area contributed by atoms with Crippen molar-refractivity contribution in [3.05, 3.63) is 47.4 Å². The topological polar surface area (TPSA) is 76.0 Å². The monoisotopic (exact) mass is 312 g/mol. The predicted molar refractivity (Wildman–Crippen MR) is 74.1 cm³/mol. The van der Waals surface area contributed by atoms with Crippen LogP contribution in [0.1, 0.15) is 12.5 Å². The fraction of sp³-hybridized carbons (Fsp3) is 0.231. The zero-order valence-corrected chi connectivity index (χ0v) is 12.2. The van der Waals surface area contributed by atoms with E-state index in [0.29, 0.717) is 5.56 Å². The largest absolute Gasteiger partial charge is 0.457 e. The van der Waals surface area contributed by atoms with E-state index in [1.807, 2.05) is 0 Å². The molecule has 8 heteroatoms. The van der Waals surface area contributed by atoms with Gasteiger partial charge in [0.2, 0.25) is 0 Å². The summed E-state index contributed by atoms with van der Waals surface area (Å²) in [7, 11) is -2.48. The van der Waals surface area contributed by atoms with E-state index in [9.17, 15) is 17.6 Å². The third-order valence-electron chi connectivity index (χ3n) is 2.82. The second kappa shape index (κ2) is 5.65. The standard InChI is InChI=1S/C13H13FN2O4S/c1-9-12(7-16(2)21(18,19)15-9)13(17)20-8-10-3-5-11(14)6-4-10/h3-7H,8H2,1-2H3. The molecule has 0 aliphatic carbocycles. The van der Waals surface area contributed by atoms with Crippen LogP contribution in [0.25, 0.3) is 0 Å². The first kappa shape index (κ1) is 15.2. The maximum Gasteiger partial charge on any atom is 0.344 e. The van der Waals surface area contributed by atoms with E-state index in [0.717, 1.165) is 10.5 Å². The molecule has 0 amide bonds. The molecule has 0 N–H and O–H groups in total. The molecule has 0 bridgehead atoms. The van der Waals surface area contributed by atoms with Crippen molar-refractivity contribution in [3.63, 3.8) is 0 Å². The van der Waals surface area contributed by atoms with Crippen LogP contribution in [0.4, 0.5) is 4.39 Å². The van der Waals surface area contributed by atoms with Crippen LogP contribution in [0.5, 0.6) is 0 Å². The lowest BCUT2D eigenvalue weighted by Gasteiger charge is -2.19. The highest BCUT2D eigenvalue weighted by Crippen LogP contribution is 2.16. The molecule has 112 valence electrons. The highest BCUT2D eigenvalue weighted by Gasteiger charge is 2.26. The van der Waals surface area contributed by atoms with Gasteiger partial charge in [-0.05, 0) is 24.6 Å². The molecule has 2 rings (SSSR count). The molecular weight excluding hydrogens is 299 g/mol. The van der Waals surface area contributed by atoms with Gasteiger partial charge in [-0.2, -0.15) is 8.42 Å². The molecule has 21 heavy (non-hydrogen) atoms. The van der Waals surface area contributed by atoms with Crippen LogP contribution in [0.3, 0.4) is 0 Å². The van der Waals surface area contributed by atoms with E-state index in [4.69, 9.17) is 4.74 Å². The van der Waals surface area contributed by atoms with Gasteiger partial charge in [0.25, 0.3) is 0 Å². The molecule has 1 aliphatic rings. The zero-order valence-electron chi connectivity index (χ0n) is 11.4. The minimum atomic E-state index is -3.75. The van der Waals surface area contributed by atoms with Gasteiger partial charge in [0, 0.05) is 13.2 Å². The number of esters is 1. The minimum absolute atomic E-state index is 0.0415. The lowest BCUT2D eigenvalue weighted by molar-refractivity contribution is -0.139. The SMILES string of the molecule is CC1=NS(=O)(=O)N(C)C=C1C(=O)OCc1ccc(F)cc1. The zero-order chi connectivity index (χ0) is 15.6. The van der Waals surface area contributed by atoms with Gasteiger partial charge in [-0.1, -0.05) is 12.1 Å². The summed E-state index contributed by atoms with van der Waals surface area (Å²) in [5, 5.41) is 0. The molecule has 0 radical (unpaired) electrons. The van der Waals surface area contributed by atoms with Gasteiger partial charge in [-0.25, -0.2) is 9.18 Å². The molecular formula is C13H13FN2O4S. The maximum absolute atomic E-state index is 12.7. The number of halogens is 1. The summed E-state index contributed by atoms with van der Waals surface area (Å²) in [6.07, 6.45) is 1.16. The predicted octanol–water partition coefficient (Wildman–Crippen LogP) is 1.40. The van der Waals surface area contributed by atoms with E-state index in [1.54, 1.807) is 0 Å². The number of ether oxygens (including phenoxy) is 1. The third kappa shape index (κ3) is 3.46. The van der Waals surface area contributed by atoms with Crippen molar-refractivity contribution in [2.24, 2.45) is 4.40 Å². The number of carbonyl (C=O) groups excluding carboxylic acids is 1. The molecule has 0 aromatic heterocycles. The molecule has 6 nitrogen and oxygen atoms in total. The van der Waals surface area contributed by atoms with Crippen LogP contribution >= 0.6 is 0 Å². The van der Waals surface area contributed by atoms with Crippen LogP contribution in [0.15, 0.2) is 40.4 Å². The Kier molecular flexibility index (Phi) is 4.08. The Morgan fingerprint density at radius 1 is 1.33 bits per heavy atom. The highest BCUT2D eigenvalue weighted by atomic mass is 32.2. The number of rotatable bonds is 3. The van der Waals surface area contributed by atoms with Gasteiger partial charge in [0.05, 0.1) is 11.3 Å². The van der Waals surface area contributed by atoms with Crippen molar-refractivity contribution in [1.82, 2.24) is 4.31 Å². The first-order valence-electron chi connectivity index (χ1n) is 5.98. The van der Waals surface area contributed by atoms with Crippen molar-refractivity contribution in [2.45, 2.75) is 13.5 Å². The Labute approximate surface area is 121 Å². The maximum atomic E-state index is 12.7. The average Bonchev–Trinajstić information content (AvgIpc) is 2.41. The fourth-order valence-corrected chi connectivity index (χ4v) is 2.45. The minimum Gasteiger partial charge on any atom is -0.457 e. The summed E-state index contributed by atoms with van der Waals surface area (Å²) in [4.78, 5) is 11.9. The second-order valence-electron chi connectivity index (χ2n) is 4.42. The number of hydrogen-bond acceptors (Lipinski definition) is 4. The Morgan fingerprint density at radius 2 is 1.95 bits per heavy atom. The van der Waals surface area contributed by atoms with Crippen molar-refractivity contribution < 1.29 is 22.3 Å². The molecule has 0 saturated carbocycles. The summed E-state index contributed by atoms with van der Waals surface area (Å²) in [6.45, 7) is 1.37. The van der Waals surface area contributed by atoms with Crippen LogP contribution in [-0.2, 0) is 26.3 Å². The van der Waals surface area contributed by atoms with Gasteiger partial charge in [-0.3, -0.25) is 4.31 Å². The number of benzene rings is 1. The quantitative estimate of drug-likeness (QED) is 0.791. The molecule has 1 aromatic carbocycles. The summed E-state index contributed by atoms with van der Waals surface area (Å²) >= 11 is 0. The first-order valence-corrected chi connectivity index (χ1v) is 7.37. The van der Waals surface area contributed by atoms with Gasteiger partial charge in [0.1, 0.15) is 12.4 Å². The van der Waals surface area contributed by atoms with Gasteiger partial charge in [-0.15, -0.1) is 4.40 Å². The average molecular weight is 312 g/mol. The van der Waals surface area contributed by atoms with E-state index in [1.165, 1.54) is 38.2 Å². The summed E-state index contributed by atoms with van der Waals surface area (Å²) < 4.78 is 45.1. The van der Waals surface area contributed by atoms with E-state index in [-0.39, 0.29) is 23.7 Å². The molecule has 0 spiro atoms. The van der Waals surface area contributed by atoms with Gasteiger partial charge >= 0.3 is 16.2 Å². The Morgan fingerprint density at radius 3 is 2.57 bits per heavy atom. The molecule has 1 heterocycles. The molecule has 0 saturated heterocycles. The Balaban J connectivity index is 2.07. The molecule has 0 unspecified atom stereocenters. The molecule has 1 aromatic rings. The number of hydrogen-bond donors (Lipinski definition) is 0. The van der Waals surface area contributed by atoms with Crippen LogP contribution < -0.4 is 0 Å². The smallest absolute Gasteiger partial charge is 0.344 e. The van der Waals surface area contributed by atoms with Crippen molar-refractivity contribution >= 4 is 21.9 Å². The summed E-state index contributed by atoms with van der Waals surface area (Å²) in [5.41, 5.74) is 0.753. The molecule has 1 aliphatic heterocycles. The summed E-state index contributed by atoms with van der Waals surface area (Å²) in [5.74, 6) is -1.07. The fourth-order valence-electron chi connectivity index (χ4n) is 1.64. The Bertz CT molecular complexity index is 723. The van der Waals surface area contributed by atoms with E-state index >= 15 is 0 Å².